The predicted molar refractivity (Wildman–Crippen MR) is 102 cm³/mol. The van der Waals surface area contributed by atoms with E-state index in [0.717, 1.165) is 0 Å². The molecule has 0 aliphatic heterocycles. The van der Waals surface area contributed by atoms with Crippen LogP contribution >= 0.6 is 0 Å². The molecule has 0 spiro atoms. The number of ketones is 1. The molecule has 3 aromatic rings. The van der Waals surface area contributed by atoms with Crippen molar-refractivity contribution in [2.45, 2.75) is 13.8 Å². The number of hydrogen-bond acceptors (Lipinski definition) is 4. The van der Waals surface area contributed by atoms with Crippen molar-refractivity contribution in [3.63, 3.8) is 0 Å². The molecule has 0 radical (unpaired) electrons. The molecule has 0 aliphatic carbocycles. The number of nitrogens with one attached hydrogen (secondary N) is 2. The van der Waals surface area contributed by atoms with E-state index in [2.05, 4.69) is 9.71 Å². The average Bonchev–Trinajstić information content (AvgIpc) is 2.88. The largest absolute Gasteiger partial charge is 0.494 e. The van der Waals surface area contributed by atoms with Crippen LogP contribution in [0.15, 0.2) is 48.5 Å². The minimum absolute atomic E-state index is 0.000767. The summed E-state index contributed by atoms with van der Waals surface area (Å²) in [5.41, 5.74) is 1.46. The molecular formula is C19H20N2O4S. The number of hydrogen-bond donors (Lipinski definition) is 3. The Labute approximate surface area is 151 Å². The quantitative estimate of drug-likeness (QED) is 0.577. The van der Waals surface area contributed by atoms with Gasteiger partial charge < -0.3 is 10.1 Å². The smallest absolute Gasteiger partial charge is 0.232 e. The van der Waals surface area contributed by atoms with Crippen LogP contribution in [0.3, 0.4) is 0 Å². The number of aromatic nitrogens is 1. The molecule has 6 nitrogen and oxygen atoms in total. The van der Waals surface area contributed by atoms with Gasteiger partial charge in [-0.3, -0.25) is 9.52 Å². The Hall–Kier alpha value is -2.80. The molecule has 2 aromatic carbocycles. The lowest BCUT2D eigenvalue weighted by Crippen LogP contribution is -2.19. The third-order valence-electron chi connectivity index (χ3n) is 3.87. The number of H-pyrrole nitrogens is 1. The average molecular weight is 372 g/mol. The van der Waals surface area contributed by atoms with Gasteiger partial charge in [-0.2, -0.15) is 0 Å². The highest BCUT2D eigenvalue weighted by Crippen LogP contribution is 2.31. The highest BCUT2D eigenvalue weighted by Gasteiger charge is 2.21. The summed E-state index contributed by atoms with van der Waals surface area (Å²) < 4.78 is 26.8. The maximum Gasteiger partial charge on any atom is 0.232 e. The van der Waals surface area contributed by atoms with Crippen LogP contribution in [0.5, 0.6) is 5.88 Å². The summed E-state index contributed by atoms with van der Waals surface area (Å²) in [6.07, 6.45) is 0. The lowest BCUT2D eigenvalue weighted by Gasteiger charge is -2.10. The van der Waals surface area contributed by atoms with Gasteiger partial charge in [0.1, 0.15) is 0 Å². The third kappa shape index (κ3) is 3.72. The molecule has 0 saturated heterocycles. The first-order valence-electron chi connectivity index (χ1n) is 8.22. The zero-order valence-corrected chi connectivity index (χ0v) is 15.3. The van der Waals surface area contributed by atoms with Gasteiger partial charge in [-0.15, -0.1) is 0 Å². The standard InChI is InChI=1S/C19H20N2O4S/c1-12(2)11-26(24,25)21-14-8-9-16-15(10-14)17(19(23)20-16)18(22)13-6-4-3-5-7-13/h3-10,12,20-21,23H,11H2,1-2H3. The number of carbonyl (C=O) groups is 1. The van der Waals surface area contributed by atoms with Crippen molar-refractivity contribution >= 4 is 32.4 Å². The molecule has 0 amide bonds. The van der Waals surface area contributed by atoms with Crippen molar-refractivity contribution in [1.82, 2.24) is 4.98 Å². The van der Waals surface area contributed by atoms with E-state index in [9.17, 15) is 18.3 Å². The second-order valence-electron chi connectivity index (χ2n) is 6.58. The van der Waals surface area contributed by atoms with Gasteiger partial charge in [0.05, 0.1) is 11.3 Å². The van der Waals surface area contributed by atoms with Gasteiger partial charge in [0, 0.05) is 22.2 Å². The zero-order valence-electron chi connectivity index (χ0n) is 14.5. The second kappa shape index (κ2) is 6.84. The van der Waals surface area contributed by atoms with E-state index >= 15 is 0 Å². The Bertz CT molecular complexity index is 1050. The molecule has 1 heterocycles. The molecule has 136 valence electrons. The second-order valence-corrected chi connectivity index (χ2v) is 8.35. The van der Waals surface area contributed by atoms with Crippen LogP contribution in [-0.4, -0.2) is 30.0 Å². The highest BCUT2D eigenvalue weighted by molar-refractivity contribution is 7.92. The summed E-state index contributed by atoms with van der Waals surface area (Å²) in [7, 11) is -3.49. The summed E-state index contributed by atoms with van der Waals surface area (Å²) >= 11 is 0. The van der Waals surface area contributed by atoms with Crippen LogP contribution in [0.2, 0.25) is 0 Å². The van der Waals surface area contributed by atoms with Gasteiger partial charge in [0.2, 0.25) is 15.9 Å². The normalized spacial score (nSPS) is 11.8. The van der Waals surface area contributed by atoms with Crippen molar-refractivity contribution in [3.05, 3.63) is 59.7 Å². The van der Waals surface area contributed by atoms with E-state index in [1.807, 2.05) is 13.8 Å². The zero-order chi connectivity index (χ0) is 18.9. The van der Waals surface area contributed by atoms with Gasteiger partial charge in [-0.1, -0.05) is 44.2 Å². The maximum absolute atomic E-state index is 12.8. The van der Waals surface area contributed by atoms with E-state index in [0.29, 0.717) is 22.2 Å². The van der Waals surface area contributed by atoms with Crippen LogP contribution in [0, 0.1) is 5.92 Å². The van der Waals surface area contributed by atoms with Gasteiger partial charge in [0.25, 0.3) is 0 Å². The van der Waals surface area contributed by atoms with E-state index in [4.69, 9.17) is 0 Å². The lowest BCUT2D eigenvalue weighted by atomic mass is 10.0. The number of benzene rings is 2. The van der Waals surface area contributed by atoms with Crippen LogP contribution in [-0.2, 0) is 10.0 Å². The summed E-state index contributed by atoms with van der Waals surface area (Å²) in [6.45, 7) is 3.65. The molecule has 0 bridgehead atoms. The fraction of sp³-hybridized carbons (Fsp3) is 0.211. The number of sulfonamides is 1. The molecule has 3 N–H and O–H groups in total. The van der Waals surface area contributed by atoms with E-state index < -0.39 is 10.0 Å². The van der Waals surface area contributed by atoms with E-state index in [1.54, 1.807) is 48.5 Å². The first-order valence-corrected chi connectivity index (χ1v) is 9.87. The monoisotopic (exact) mass is 372 g/mol. The number of carbonyl (C=O) groups excluding carboxylic acids is 1. The summed E-state index contributed by atoms with van der Waals surface area (Å²) in [6, 6.07) is 13.4. The highest BCUT2D eigenvalue weighted by atomic mass is 32.2. The van der Waals surface area contributed by atoms with Crippen molar-refractivity contribution in [2.24, 2.45) is 5.92 Å². The Kier molecular flexibility index (Phi) is 4.73. The summed E-state index contributed by atoms with van der Waals surface area (Å²) in [5.74, 6) is -0.588. The molecule has 0 atom stereocenters. The lowest BCUT2D eigenvalue weighted by molar-refractivity contribution is 0.103. The molecule has 3 rings (SSSR count). The number of rotatable bonds is 6. The minimum atomic E-state index is -3.49. The van der Waals surface area contributed by atoms with Gasteiger partial charge in [-0.05, 0) is 24.1 Å². The molecular weight excluding hydrogens is 352 g/mol. The topological polar surface area (TPSA) is 99.3 Å². The number of anilines is 1. The summed E-state index contributed by atoms with van der Waals surface area (Å²) in [5, 5.41) is 10.7. The molecule has 0 aliphatic rings. The molecule has 0 fully saturated rings. The Morgan fingerprint density at radius 1 is 1.15 bits per heavy atom. The predicted octanol–water partition coefficient (Wildman–Crippen LogP) is 3.50. The van der Waals surface area contributed by atoms with Gasteiger partial charge in [-0.25, -0.2) is 8.42 Å². The van der Waals surface area contributed by atoms with Crippen molar-refractivity contribution < 1.29 is 18.3 Å². The number of fused-ring (bicyclic) bond motifs is 1. The van der Waals surface area contributed by atoms with E-state index in [-0.39, 0.29) is 28.9 Å². The van der Waals surface area contributed by atoms with Crippen LogP contribution in [0.4, 0.5) is 5.69 Å². The molecule has 7 heteroatoms. The molecule has 0 saturated carbocycles. The Balaban J connectivity index is 2.03. The third-order valence-corrected chi connectivity index (χ3v) is 5.52. The Morgan fingerprint density at radius 3 is 2.50 bits per heavy atom. The molecule has 0 unspecified atom stereocenters. The first-order chi connectivity index (χ1) is 12.3. The van der Waals surface area contributed by atoms with Crippen LogP contribution in [0.1, 0.15) is 29.8 Å². The Morgan fingerprint density at radius 2 is 1.85 bits per heavy atom. The summed E-state index contributed by atoms with van der Waals surface area (Å²) in [4.78, 5) is 15.5. The van der Waals surface area contributed by atoms with Crippen molar-refractivity contribution in [1.29, 1.82) is 0 Å². The fourth-order valence-corrected chi connectivity index (χ4v) is 4.31. The fourth-order valence-electron chi connectivity index (χ4n) is 2.86. The number of aromatic hydroxyl groups is 1. The maximum atomic E-state index is 12.8. The minimum Gasteiger partial charge on any atom is -0.494 e. The van der Waals surface area contributed by atoms with Gasteiger partial charge in [0.15, 0.2) is 5.78 Å². The van der Waals surface area contributed by atoms with Gasteiger partial charge >= 0.3 is 0 Å². The SMILES string of the molecule is CC(C)CS(=O)(=O)Nc1ccc2[nH]c(O)c(C(=O)c3ccccc3)c2c1. The van der Waals surface area contributed by atoms with E-state index in [1.165, 1.54) is 0 Å². The number of aromatic amines is 1. The molecule has 1 aromatic heterocycles. The molecule has 26 heavy (non-hydrogen) atoms. The van der Waals surface area contributed by atoms with Crippen LogP contribution < -0.4 is 4.72 Å². The van der Waals surface area contributed by atoms with Crippen LogP contribution in [0.25, 0.3) is 10.9 Å². The van der Waals surface area contributed by atoms with Crippen molar-refractivity contribution in [2.75, 3.05) is 10.5 Å². The first kappa shape index (κ1) is 18.0. The van der Waals surface area contributed by atoms with Crippen molar-refractivity contribution in [3.8, 4) is 5.88 Å².